The third-order valence-electron chi connectivity index (χ3n) is 6.27. The molecule has 0 spiro atoms. The summed E-state index contributed by atoms with van der Waals surface area (Å²) < 4.78 is 0. The van der Waals surface area contributed by atoms with Crippen LogP contribution >= 0.6 is 23.2 Å². The molecule has 25 heavy (non-hydrogen) atoms. The predicted molar refractivity (Wildman–Crippen MR) is 98.9 cm³/mol. The van der Waals surface area contributed by atoms with Crippen LogP contribution in [0.5, 0.6) is 0 Å². The fourth-order valence-electron chi connectivity index (χ4n) is 4.67. The fourth-order valence-corrected chi connectivity index (χ4v) is 5.41. The lowest BCUT2D eigenvalue weighted by Gasteiger charge is -2.40. The van der Waals surface area contributed by atoms with Gasteiger partial charge in [0.2, 0.25) is 5.91 Å². The van der Waals surface area contributed by atoms with Gasteiger partial charge in [0.25, 0.3) is 0 Å². The van der Waals surface area contributed by atoms with Gasteiger partial charge in [-0.1, -0.05) is 0 Å². The van der Waals surface area contributed by atoms with Crippen LogP contribution in [-0.2, 0) is 4.79 Å². The maximum atomic E-state index is 12.6. The Kier molecular flexibility index (Phi) is 6.89. The van der Waals surface area contributed by atoms with Crippen LogP contribution in [0.25, 0.3) is 0 Å². The second-order valence-electron chi connectivity index (χ2n) is 7.88. The lowest BCUT2D eigenvalue weighted by atomic mass is 9.76. The minimum Gasteiger partial charge on any atom is -0.393 e. The van der Waals surface area contributed by atoms with Gasteiger partial charge in [0.15, 0.2) is 0 Å². The van der Waals surface area contributed by atoms with Crippen molar-refractivity contribution in [2.75, 3.05) is 26.2 Å². The number of carbonyl (C=O) groups excluding carboxylic acids is 1. The van der Waals surface area contributed by atoms with E-state index < -0.39 is 17.6 Å². The van der Waals surface area contributed by atoms with Crippen LogP contribution in [0.4, 0.5) is 0 Å². The summed E-state index contributed by atoms with van der Waals surface area (Å²) in [6.45, 7) is 3.13. The molecule has 7 heteroatoms. The van der Waals surface area contributed by atoms with Crippen LogP contribution in [0.1, 0.15) is 38.5 Å². The number of aliphatic hydroxyl groups excluding tert-OH is 2. The molecule has 5 nitrogen and oxygen atoms in total. The normalized spacial score (nSPS) is 41.4. The van der Waals surface area contributed by atoms with E-state index in [4.69, 9.17) is 23.2 Å². The summed E-state index contributed by atoms with van der Waals surface area (Å²) >= 11 is 12.7. The molecule has 2 heterocycles. The van der Waals surface area contributed by atoms with Crippen LogP contribution in [0, 0.1) is 17.8 Å². The number of nitrogens with one attached hydrogen (secondary N) is 1. The van der Waals surface area contributed by atoms with Crippen LogP contribution in [0.2, 0.25) is 0 Å². The lowest BCUT2D eigenvalue weighted by Crippen LogP contribution is -2.48. The van der Waals surface area contributed by atoms with E-state index in [1.54, 1.807) is 0 Å². The van der Waals surface area contributed by atoms with Gasteiger partial charge in [-0.25, -0.2) is 0 Å². The number of hydrogen-bond donors (Lipinski definition) is 3. The van der Waals surface area contributed by atoms with Crippen molar-refractivity contribution in [1.82, 2.24) is 10.2 Å². The van der Waals surface area contributed by atoms with E-state index in [1.807, 2.05) is 4.90 Å². The van der Waals surface area contributed by atoms with Gasteiger partial charge in [0.05, 0.1) is 28.9 Å². The van der Waals surface area contributed by atoms with Crippen molar-refractivity contribution in [2.45, 2.75) is 61.5 Å². The Hall–Kier alpha value is -0.0700. The zero-order valence-electron chi connectivity index (χ0n) is 14.6. The van der Waals surface area contributed by atoms with E-state index in [0.29, 0.717) is 19.4 Å². The molecular formula is C18H30Cl2N2O3. The molecule has 3 fully saturated rings. The summed E-state index contributed by atoms with van der Waals surface area (Å²) in [5, 5.41) is 23.9. The number of rotatable bonds is 3. The molecule has 3 N–H and O–H groups in total. The molecule has 1 amide bonds. The topological polar surface area (TPSA) is 72.8 Å². The van der Waals surface area contributed by atoms with Crippen molar-refractivity contribution in [3.8, 4) is 0 Å². The van der Waals surface area contributed by atoms with E-state index in [-0.39, 0.29) is 29.0 Å². The molecule has 1 saturated carbocycles. The molecule has 2 saturated heterocycles. The summed E-state index contributed by atoms with van der Waals surface area (Å²) in [6, 6.07) is 0. The van der Waals surface area contributed by atoms with Gasteiger partial charge in [-0.3, -0.25) is 4.79 Å². The number of hydrogen-bond acceptors (Lipinski definition) is 4. The molecule has 0 aromatic heterocycles. The van der Waals surface area contributed by atoms with Crippen molar-refractivity contribution >= 4 is 29.1 Å². The Morgan fingerprint density at radius 1 is 1.12 bits per heavy atom. The van der Waals surface area contributed by atoms with Crippen LogP contribution in [0.15, 0.2) is 0 Å². The Morgan fingerprint density at radius 2 is 1.92 bits per heavy atom. The Labute approximate surface area is 160 Å². The molecule has 0 radical (unpaired) electrons. The quantitative estimate of drug-likeness (QED) is 0.637. The second kappa shape index (κ2) is 8.75. The molecule has 0 aromatic rings. The highest BCUT2D eigenvalue weighted by atomic mass is 35.5. The van der Waals surface area contributed by atoms with Crippen molar-refractivity contribution in [2.24, 2.45) is 17.8 Å². The van der Waals surface area contributed by atoms with E-state index >= 15 is 0 Å². The van der Waals surface area contributed by atoms with Crippen molar-refractivity contribution in [3.63, 3.8) is 0 Å². The van der Waals surface area contributed by atoms with Gasteiger partial charge in [-0.05, 0) is 51.0 Å². The first-order valence-electron chi connectivity index (χ1n) is 9.62. The zero-order valence-corrected chi connectivity index (χ0v) is 16.1. The first kappa shape index (κ1) is 19.7. The minimum atomic E-state index is -0.665. The van der Waals surface area contributed by atoms with E-state index in [0.717, 1.165) is 45.3 Å². The highest BCUT2D eigenvalue weighted by molar-refractivity contribution is 6.30. The molecule has 2 aliphatic heterocycles. The SMILES string of the molecule is O=C([C@H]1CCNC1)N1CCC[C@H]([C@H](O)C2C(O)CCC(Cl)C2Cl)CC1. The summed E-state index contributed by atoms with van der Waals surface area (Å²) in [6.07, 6.45) is 3.42. The smallest absolute Gasteiger partial charge is 0.227 e. The van der Waals surface area contributed by atoms with Crippen molar-refractivity contribution in [1.29, 1.82) is 0 Å². The number of carbonyl (C=O) groups is 1. The summed E-state index contributed by atoms with van der Waals surface area (Å²) in [7, 11) is 0. The van der Waals surface area contributed by atoms with Crippen molar-refractivity contribution in [3.05, 3.63) is 0 Å². The van der Waals surface area contributed by atoms with Crippen LogP contribution in [-0.4, -0.2) is 70.2 Å². The number of amides is 1. The zero-order chi connectivity index (χ0) is 18.0. The highest BCUT2D eigenvalue weighted by Gasteiger charge is 2.43. The van der Waals surface area contributed by atoms with Gasteiger partial charge in [-0.2, -0.15) is 0 Å². The summed E-state index contributed by atoms with van der Waals surface area (Å²) in [5.74, 6) is 0.0197. The first-order valence-corrected chi connectivity index (χ1v) is 10.5. The van der Waals surface area contributed by atoms with Gasteiger partial charge in [-0.15, -0.1) is 23.2 Å². The average molecular weight is 393 g/mol. The maximum absolute atomic E-state index is 12.6. The second-order valence-corrected chi connectivity index (χ2v) is 8.94. The molecule has 0 aromatic carbocycles. The van der Waals surface area contributed by atoms with Gasteiger partial charge >= 0.3 is 0 Å². The molecule has 144 valence electrons. The molecule has 3 rings (SSSR count). The van der Waals surface area contributed by atoms with Gasteiger partial charge in [0.1, 0.15) is 0 Å². The number of alkyl halides is 2. The number of nitrogens with zero attached hydrogens (tertiary/aromatic N) is 1. The van der Waals surface area contributed by atoms with E-state index in [9.17, 15) is 15.0 Å². The van der Waals surface area contributed by atoms with E-state index in [2.05, 4.69) is 5.32 Å². The third-order valence-corrected chi connectivity index (χ3v) is 7.48. The molecule has 7 atom stereocenters. The molecule has 1 aliphatic carbocycles. The van der Waals surface area contributed by atoms with Gasteiger partial charge < -0.3 is 20.4 Å². The predicted octanol–water partition coefficient (Wildman–Crippen LogP) is 1.57. The molecule has 4 unspecified atom stereocenters. The monoisotopic (exact) mass is 392 g/mol. The molecular weight excluding hydrogens is 363 g/mol. The fraction of sp³-hybridized carbons (Fsp3) is 0.944. The summed E-state index contributed by atoms with van der Waals surface area (Å²) in [5.41, 5.74) is 0. The van der Waals surface area contributed by atoms with Gasteiger partial charge in [0, 0.05) is 25.6 Å². The molecule has 0 bridgehead atoms. The van der Waals surface area contributed by atoms with E-state index in [1.165, 1.54) is 0 Å². The standard InChI is InChI=1S/C18H30Cl2N2O3/c19-13-3-4-14(23)15(16(13)20)17(24)11-2-1-8-22(9-6-11)18(25)12-5-7-21-10-12/h11-17,21,23-24H,1-10H2/t11-,12-,13?,14?,15?,16?,17-/m0/s1. The molecule has 3 aliphatic rings. The summed E-state index contributed by atoms with van der Waals surface area (Å²) in [4.78, 5) is 14.6. The van der Waals surface area contributed by atoms with Crippen LogP contribution in [0.3, 0.4) is 0 Å². The van der Waals surface area contributed by atoms with Crippen molar-refractivity contribution < 1.29 is 15.0 Å². The maximum Gasteiger partial charge on any atom is 0.227 e. The first-order chi connectivity index (χ1) is 12.0. The average Bonchev–Trinajstić information content (AvgIpc) is 3.02. The minimum absolute atomic E-state index is 0.0577. The number of aliphatic hydroxyl groups is 2. The lowest BCUT2D eigenvalue weighted by molar-refractivity contribution is -0.135. The number of halogens is 2. The Bertz CT molecular complexity index is 462. The highest BCUT2D eigenvalue weighted by Crippen LogP contribution is 2.38. The Balaban J connectivity index is 1.59. The van der Waals surface area contributed by atoms with Crippen LogP contribution < -0.4 is 5.32 Å². The number of likely N-dealkylation sites (tertiary alicyclic amines) is 1. The third kappa shape index (κ3) is 4.44. The Morgan fingerprint density at radius 3 is 2.64 bits per heavy atom. The largest absolute Gasteiger partial charge is 0.393 e.